The predicted octanol–water partition coefficient (Wildman–Crippen LogP) is -15.0. The molecule has 0 amide bonds. The van der Waals surface area contributed by atoms with Gasteiger partial charge in [-0.1, -0.05) is 0 Å². The van der Waals surface area contributed by atoms with Crippen molar-refractivity contribution in [2.45, 2.75) is 0 Å². The van der Waals surface area contributed by atoms with Crippen molar-refractivity contribution in [1.82, 2.24) is 0 Å². The van der Waals surface area contributed by atoms with Gasteiger partial charge in [0.05, 0.1) is 0 Å². The molecule has 0 aromatic heterocycles. The van der Waals surface area contributed by atoms with E-state index in [2.05, 4.69) is 0 Å². The van der Waals surface area contributed by atoms with Crippen molar-refractivity contribution in [2.24, 2.45) is 0 Å². The van der Waals surface area contributed by atoms with Crippen molar-refractivity contribution < 1.29 is 141 Å². The fraction of sp³-hybridized carbons (Fsp3) is 0. The van der Waals surface area contributed by atoms with Crippen LogP contribution in [0.15, 0.2) is 0 Å². The number of hydrogen-bond donors (Lipinski definition) is 0. The van der Waals surface area contributed by atoms with Crippen LogP contribution in [0.5, 0.6) is 0 Å². The van der Waals surface area contributed by atoms with E-state index in [9.17, 15) is 0 Å². The molecule has 0 aromatic carbocycles. The van der Waals surface area contributed by atoms with Gasteiger partial charge in [0.1, 0.15) is 0 Å². The van der Waals surface area contributed by atoms with Gasteiger partial charge < -0.3 is 120 Å². The van der Waals surface area contributed by atoms with Crippen molar-refractivity contribution in [3.63, 3.8) is 0 Å². The van der Waals surface area contributed by atoms with E-state index in [0.29, 0.717) is 0 Å². The van der Waals surface area contributed by atoms with Gasteiger partial charge in [-0.05, 0) is 0 Å². The summed E-state index contributed by atoms with van der Waals surface area (Å²) in [6.07, 6.45) is 0. The number of rotatable bonds is 0. The van der Waals surface area contributed by atoms with Gasteiger partial charge in [-0.3, -0.25) is 0 Å². The van der Waals surface area contributed by atoms with Crippen LogP contribution in [0.2, 0.25) is 0 Å². The van der Waals surface area contributed by atoms with E-state index in [1.807, 2.05) is 0 Å². The fourth-order valence-electron chi connectivity index (χ4n) is 0. The molecule has 0 rings (SSSR count). The van der Waals surface area contributed by atoms with Crippen molar-refractivity contribution in [3.05, 3.63) is 0 Å². The van der Waals surface area contributed by atoms with E-state index in [1.54, 1.807) is 0 Å². The predicted molar refractivity (Wildman–Crippen MR) is 0 cm³/mol. The second kappa shape index (κ2) is 34.5. The Labute approximate surface area is 137 Å². The monoisotopic (exact) mass is 732 g/mol. The minimum Gasteiger partial charge on any atom is -1.00 e. The smallest absolute Gasteiger partial charge is 0 e. The molecule has 0 radical (unpaired) electrons. The minimum absolute atomic E-state index is 0. The van der Waals surface area contributed by atoms with Crippen molar-refractivity contribution in [1.29, 1.82) is 0 Å². The van der Waals surface area contributed by atoms with E-state index in [4.69, 9.17) is 0 Å². The Kier molecular flexibility index (Phi) is 275. The molecule has 0 saturated carbocycles. The molecule has 0 aliphatic carbocycles. The van der Waals surface area contributed by atoms with E-state index >= 15 is 0 Å². The SMILES string of the molecule is [I-].[I-].[I-].[I-].[I-].[Mo]. The van der Waals surface area contributed by atoms with Crippen LogP contribution in [-0.2, 0) is 21.1 Å². The Morgan fingerprint density at radius 1 is 0.333 bits per heavy atom. The molecule has 0 saturated heterocycles. The molecule has 0 spiro atoms. The molecular weight excluding hydrogens is 730 g/mol. The minimum atomic E-state index is 0. The number of halogens is 5. The summed E-state index contributed by atoms with van der Waals surface area (Å²) in [6, 6.07) is 0. The second-order valence-corrected chi connectivity index (χ2v) is 0. The Morgan fingerprint density at radius 3 is 0.333 bits per heavy atom. The summed E-state index contributed by atoms with van der Waals surface area (Å²) in [6.45, 7) is 0. The third kappa shape index (κ3) is 23.9. The van der Waals surface area contributed by atoms with Crippen molar-refractivity contribution in [2.75, 3.05) is 0 Å². The molecule has 0 aliphatic rings. The molecular formula is I5Mo-5. The van der Waals surface area contributed by atoms with Crippen molar-refractivity contribution >= 4 is 0 Å². The van der Waals surface area contributed by atoms with Crippen LogP contribution in [-0.4, -0.2) is 0 Å². The van der Waals surface area contributed by atoms with Gasteiger partial charge in [0, 0.05) is 21.1 Å². The zero-order chi connectivity index (χ0) is 0. The third-order valence-corrected chi connectivity index (χ3v) is 0. The van der Waals surface area contributed by atoms with Crippen LogP contribution >= 0.6 is 0 Å². The van der Waals surface area contributed by atoms with Crippen LogP contribution in [0.1, 0.15) is 0 Å². The van der Waals surface area contributed by atoms with Crippen LogP contribution in [0, 0.1) is 0 Å². The van der Waals surface area contributed by atoms with Crippen LogP contribution in [0.25, 0.3) is 0 Å². The van der Waals surface area contributed by atoms with Crippen LogP contribution in [0.4, 0.5) is 0 Å². The zero-order valence-electron chi connectivity index (χ0n) is 2.30. The average Bonchev–Trinajstić information content (AvgIpc) is 0. The molecule has 0 N–H and O–H groups in total. The Bertz CT molecular complexity index is 3.90. The maximum absolute atomic E-state index is 0. The molecule has 6 heavy (non-hydrogen) atoms. The van der Waals surface area contributed by atoms with Crippen LogP contribution in [0.3, 0.4) is 0 Å². The first-order valence-electron chi connectivity index (χ1n) is 0. The average molecular weight is 730 g/mol. The quantitative estimate of drug-likeness (QED) is 0.172. The normalized spacial score (nSPS) is 0. The summed E-state index contributed by atoms with van der Waals surface area (Å²) in [5, 5.41) is 0. The molecule has 0 fully saturated rings. The van der Waals surface area contributed by atoms with Crippen LogP contribution < -0.4 is 120 Å². The van der Waals surface area contributed by atoms with Gasteiger partial charge in [0.25, 0.3) is 0 Å². The van der Waals surface area contributed by atoms with Gasteiger partial charge in [-0.2, -0.15) is 0 Å². The van der Waals surface area contributed by atoms with Gasteiger partial charge in [0.2, 0.25) is 0 Å². The topological polar surface area (TPSA) is 0 Å². The van der Waals surface area contributed by atoms with E-state index in [-0.39, 0.29) is 141 Å². The van der Waals surface area contributed by atoms with Crippen molar-refractivity contribution in [3.8, 4) is 0 Å². The van der Waals surface area contributed by atoms with E-state index in [1.165, 1.54) is 0 Å². The molecule has 0 aromatic rings. The molecule has 6 heteroatoms. The zero-order valence-corrected chi connectivity index (χ0v) is 15.1. The summed E-state index contributed by atoms with van der Waals surface area (Å²) in [4.78, 5) is 0. The molecule has 0 unspecified atom stereocenters. The van der Waals surface area contributed by atoms with E-state index in [0.717, 1.165) is 0 Å². The summed E-state index contributed by atoms with van der Waals surface area (Å²) in [7, 11) is 0. The Hall–Kier alpha value is 4.34. The van der Waals surface area contributed by atoms with Gasteiger partial charge >= 0.3 is 0 Å². The molecule has 46 valence electrons. The third-order valence-electron chi connectivity index (χ3n) is 0. The molecule has 0 heterocycles. The van der Waals surface area contributed by atoms with Gasteiger partial charge in [0.15, 0.2) is 0 Å². The first kappa shape index (κ1) is 47.9. The summed E-state index contributed by atoms with van der Waals surface area (Å²) >= 11 is 0. The maximum atomic E-state index is 0. The van der Waals surface area contributed by atoms with Gasteiger partial charge in [-0.25, -0.2) is 0 Å². The van der Waals surface area contributed by atoms with Gasteiger partial charge in [-0.15, -0.1) is 0 Å². The molecule has 0 nitrogen and oxygen atoms in total. The largest absolute Gasteiger partial charge is 1.00 e. The molecule has 0 aliphatic heterocycles. The summed E-state index contributed by atoms with van der Waals surface area (Å²) in [5.74, 6) is 0. The summed E-state index contributed by atoms with van der Waals surface area (Å²) < 4.78 is 0. The first-order valence-corrected chi connectivity index (χ1v) is 0. The Morgan fingerprint density at radius 2 is 0.333 bits per heavy atom. The first-order chi connectivity index (χ1) is 0. The second-order valence-electron chi connectivity index (χ2n) is 0. The molecule has 0 bridgehead atoms. The standard InChI is InChI=1S/5HI.Mo/h5*1H;/p-5. The van der Waals surface area contributed by atoms with E-state index < -0.39 is 0 Å². The number of hydrogen-bond acceptors (Lipinski definition) is 0. The maximum Gasteiger partial charge on any atom is 0 e. The Balaban J connectivity index is 0. The molecule has 0 atom stereocenters. The summed E-state index contributed by atoms with van der Waals surface area (Å²) in [5.41, 5.74) is 0. The fourth-order valence-corrected chi connectivity index (χ4v) is 0.